The third-order valence-corrected chi connectivity index (χ3v) is 6.42. The van der Waals surface area contributed by atoms with Gasteiger partial charge in [-0.3, -0.25) is 14.7 Å². The van der Waals surface area contributed by atoms with Crippen molar-refractivity contribution in [2.24, 2.45) is 5.41 Å². The fraction of sp³-hybridized carbons (Fsp3) is 0.346. The van der Waals surface area contributed by atoms with Gasteiger partial charge in [0.2, 0.25) is 5.91 Å². The van der Waals surface area contributed by atoms with Crippen LogP contribution in [-0.4, -0.2) is 59.0 Å². The minimum absolute atomic E-state index is 0.0665. The summed E-state index contributed by atoms with van der Waals surface area (Å²) >= 11 is 0. The first kappa shape index (κ1) is 21.8. The van der Waals surface area contributed by atoms with Crippen LogP contribution in [0.5, 0.6) is 0 Å². The maximum atomic E-state index is 13.6. The lowest BCUT2D eigenvalue weighted by atomic mass is 9.72. The number of aromatic amines is 1. The summed E-state index contributed by atoms with van der Waals surface area (Å²) in [6.45, 7) is 2.89. The molecule has 0 radical (unpaired) electrons. The smallest absolute Gasteiger partial charge is 0.257 e. The summed E-state index contributed by atoms with van der Waals surface area (Å²) in [6.07, 6.45) is 3.70. The Kier molecular flexibility index (Phi) is 6.12. The van der Waals surface area contributed by atoms with Gasteiger partial charge in [0.1, 0.15) is 0 Å². The minimum atomic E-state index is -0.667. The number of hydrogen-bond acceptors (Lipinski definition) is 3. The van der Waals surface area contributed by atoms with Crippen LogP contribution >= 0.6 is 0 Å². The van der Waals surface area contributed by atoms with E-state index in [1.807, 2.05) is 42.2 Å². The second-order valence-electron chi connectivity index (χ2n) is 8.92. The molecule has 3 aromatic rings. The predicted molar refractivity (Wildman–Crippen MR) is 125 cm³/mol. The lowest BCUT2D eigenvalue weighted by molar-refractivity contribution is -0.142. The fourth-order valence-electron chi connectivity index (χ4n) is 4.85. The van der Waals surface area contributed by atoms with Gasteiger partial charge in [0, 0.05) is 32.9 Å². The highest BCUT2D eigenvalue weighted by Gasteiger charge is 2.45. The molecule has 2 aromatic carbocycles. The number of piperidine rings is 1. The van der Waals surface area contributed by atoms with Crippen molar-refractivity contribution in [1.82, 2.24) is 20.0 Å². The number of benzene rings is 2. The Morgan fingerprint density at radius 2 is 1.81 bits per heavy atom. The molecule has 6 heteroatoms. The second kappa shape index (κ2) is 8.99. The number of hydrogen-bond donors (Lipinski definition) is 1. The highest BCUT2D eigenvalue weighted by atomic mass is 16.2. The Labute approximate surface area is 189 Å². The molecule has 1 aliphatic heterocycles. The molecule has 0 unspecified atom stereocenters. The van der Waals surface area contributed by atoms with Gasteiger partial charge in [0.15, 0.2) is 0 Å². The van der Waals surface area contributed by atoms with Crippen LogP contribution in [-0.2, 0) is 11.2 Å². The van der Waals surface area contributed by atoms with E-state index in [2.05, 4.69) is 34.5 Å². The molecule has 1 saturated heterocycles. The van der Waals surface area contributed by atoms with Crippen molar-refractivity contribution in [2.75, 3.05) is 27.2 Å². The number of carbonyl (C=O) groups is 2. The highest BCUT2D eigenvalue weighted by molar-refractivity contribution is 5.95. The summed E-state index contributed by atoms with van der Waals surface area (Å²) in [5, 5.41) is 6.85. The molecule has 1 N–H and O–H groups in total. The summed E-state index contributed by atoms with van der Waals surface area (Å²) in [5.74, 6) is 0.00464. The van der Waals surface area contributed by atoms with Crippen molar-refractivity contribution < 1.29 is 9.59 Å². The van der Waals surface area contributed by atoms with Gasteiger partial charge < -0.3 is 9.80 Å². The molecule has 2 amide bonds. The zero-order chi connectivity index (χ0) is 22.7. The largest absolute Gasteiger partial charge is 0.348 e. The number of rotatable bonds is 5. The summed E-state index contributed by atoms with van der Waals surface area (Å²) in [6, 6.07) is 18.5. The molecule has 0 spiro atoms. The van der Waals surface area contributed by atoms with Crippen molar-refractivity contribution in [1.29, 1.82) is 0 Å². The number of likely N-dealkylation sites (tertiary alicyclic amines) is 1. The van der Waals surface area contributed by atoms with E-state index in [1.54, 1.807) is 25.2 Å². The Hall–Kier alpha value is -3.41. The number of carbonyl (C=O) groups excluding carboxylic acids is 2. The van der Waals surface area contributed by atoms with Crippen LogP contribution in [0.2, 0.25) is 0 Å². The Morgan fingerprint density at radius 3 is 2.50 bits per heavy atom. The van der Waals surface area contributed by atoms with Crippen LogP contribution in [0.15, 0.2) is 60.8 Å². The standard InChI is InChI=1S/C26H30N4O2/c1-19-23(17-27-28-19)24(31)30-15-9-14-26(18-30,25(32)29(2)3)16-21-12-7-8-13-22(21)20-10-5-4-6-11-20/h4-8,10-13,17H,9,14-16,18H2,1-3H3,(H,27,28)/t26-/m1/s1. The summed E-state index contributed by atoms with van der Waals surface area (Å²) in [7, 11) is 3.60. The second-order valence-corrected chi connectivity index (χ2v) is 8.92. The van der Waals surface area contributed by atoms with Crippen LogP contribution in [0.25, 0.3) is 11.1 Å². The van der Waals surface area contributed by atoms with Gasteiger partial charge in [-0.05, 0) is 42.9 Å². The normalized spacial score (nSPS) is 18.4. The quantitative estimate of drug-likeness (QED) is 0.667. The average molecular weight is 431 g/mol. The third kappa shape index (κ3) is 4.17. The highest BCUT2D eigenvalue weighted by Crippen LogP contribution is 2.38. The summed E-state index contributed by atoms with van der Waals surface area (Å²) in [5.41, 5.74) is 4.05. The molecule has 0 saturated carbocycles. The molecular formula is C26H30N4O2. The maximum Gasteiger partial charge on any atom is 0.257 e. The average Bonchev–Trinajstić information content (AvgIpc) is 3.25. The first-order valence-corrected chi connectivity index (χ1v) is 11.1. The lowest BCUT2D eigenvalue weighted by Crippen LogP contribution is -2.54. The Bertz CT molecular complexity index is 1110. The van der Waals surface area contributed by atoms with E-state index in [0.717, 1.165) is 35.2 Å². The summed E-state index contributed by atoms with van der Waals surface area (Å²) < 4.78 is 0. The molecule has 1 fully saturated rings. The molecule has 1 atom stereocenters. The number of nitrogens with zero attached hydrogens (tertiary/aromatic N) is 3. The number of H-pyrrole nitrogens is 1. The maximum absolute atomic E-state index is 13.6. The number of amides is 2. The van der Waals surface area contributed by atoms with Crippen molar-refractivity contribution in [3.8, 4) is 11.1 Å². The van der Waals surface area contributed by atoms with Crippen molar-refractivity contribution >= 4 is 11.8 Å². The van der Waals surface area contributed by atoms with E-state index in [4.69, 9.17) is 0 Å². The third-order valence-electron chi connectivity index (χ3n) is 6.42. The van der Waals surface area contributed by atoms with Crippen LogP contribution < -0.4 is 0 Å². The van der Waals surface area contributed by atoms with Gasteiger partial charge >= 0.3 is 0 Å². The molecule has 166 valence electrons. The Balaban J connectivity index is 1.70. The van der Waals surface area contributed by atoms with E-state index >= 15 is 0 Å². The van der Waals surface area contributed by atoms with Crippen molar-refractivity contribution in [3.63, 3.8) is 0 Å². The van der Waals surface area contributed by atoms with E-state index in [1.165, 1.54) is 0 Å². The van der Waals surface area contributed by atoms with E-state index < -0.39 is 5.41 Å². The molecular weight excluding hydrogens is 400 g/mol. The monoisotopic (exact) mass is 430 g/mol. The molecule has 1 aliphatic rings. The zero-order valence-corrected chi connectivity index (χ0v) is 19.0. The lowest BCUT2D eigenvalue weighted by Gasteiger charge is -2.43. The topological polar surface area (TPSA) is 69.3 Å². The number of nitrogens with one attached hydrogen (secondary N) is 1. The first-order valence-electron chi connectivity index (χ1n) is 11.1. The van der Waals surface area contributed by atoms with Crippen LogP contribution in [0, 0.1) is 12.3 Å². The van der Waals surface area contributed by atoms with E-state index in [0.29, 0.717) is 25.1 Å². The number of aryl methyl sites for hydroxylation is 1. The predicted octanol–water partition coefficient (Wildman–Crippen LogP) is 3.94. The molecule has 1 aromatic heterocycles. The van der Waals surface area contributed by atoms with Gasteiger partial charge in [-0.1, -0.05) is 54.6 Å². The van der Waals surface area contributed by atoms with Crippen molar-refractivity contribution in [3.05, 3.63) is 77.6 Å². The molecule has 0 aliphatic carbocycles. The van der Waals surface area contributed by atoms with Crippen LogP contribution in [0.1, 0.15) is 34.5 Å². The van der Waals surface area contributed by atoms with Gasteiger partial charge in [0.25, 0.3) is 5.91 Å². The van der Waals surface area contributed by atoms with E-state index in [9.17, 15) is 9.59 Å². The Morgan fingerprint density at radius 1 is 1.09 bits per heavy atom. The SMILES string of the molecule is Cc1[nH]ncc1C(=O)N1CCC[C@](Cc2ccccc2-c2ccccc2)(C(=O)N(C)C)C1. The van der Waals surface area contributed by atoms with Gasteiger partial charge in [-0.2, -0.15) is 5.10 Å². The van der Waals surface area contributed by atoms with Gasteiger partial charge in [0.05, 0.1) is 17.2 Å². The van der Waals surface area contributed by atoms with Crippen LogP contribution in [0.4, 0.5) is 0 Å². The summed E-state index contributed by atoms with van der Waals surface area (Å²) in [4.78, 5) is 30.3. The van der Waals surface area contributed by atoms with Crippen LogP contribution in [0.3, 0.4) is 0 Å². The molecule has 4 rings (SSSR count). The molecule has 0 bridgehead atoms. The minimum Gasteiger partial charge on any atom is -0.348 e. The number of aromatic nitrogens is 2. The molecule has 2 heterocycles. The molecule has 6 nitrogen and oxygen atoms in total. The zero-order valence-electron chi connectivity index (χ0n) is 19.0. The first-order chi connectivity index (χ1) is 15.4. The van der Waals surface area contributed by atoms with Gasteiger partial charge in [-0.25, -0.2) is 0 Å². The van der Waals surface area contributed by atoms with Gasteiger partial charge in [-0.15, -0.1) is 0 Å². The molecule has 32 heavy (non-hydrogen) atoms. The van der Waals surface area contributed by atoms with E-state index in [-0.39, 0.29) is 11.8 Å². The van der Waals surface area contributed by atoms with Crippen molar-refractivity contribution in [2.45, 2.75) is 26.2 Å². The fourth-order valence-corrected chi connectivity index (χ4v) is 4.85.